The number of rotatable bonds is 5. The van der Waals surface area contributed by atoms with E-state index in [0.29, 0.717) is 17.6 Å². The molecule has 4 N–H and O–H groups in total. The van der Waals surface area contributed by atoms with Crippen molar-refractivity contribution in [1.29, 1.82) is 0 Å². The fourth-order valence-electron chi connectivity index (χ4n) is 2.52. The van der Waals surface area contributed by atoms with Crippen LogP contribution in [0.3, 0.4) is 0 Å². The van der Waals surface area contributed by atoms with Crippen LogP contribution in [0.1, 0.15) is 27.8 Å². The number of hydrogen-bond acceptors (Lipinski definition) is 6. The number of nitrogens with two attached hydrogens (primary N) is 1. The molecular formula is C16H14F3N5O2. The van der Waals surface area contributed by atoms with Crippen molar-refractivity contribution in [3.63, 3.8) is 0 Å². The Morgan fingerprint density at radius 3 is 2.77 bits per heavy atom. The van der Waals surface area contributed by atoms with Crippen LogP contribution in [0.2, 0.25) is 0 Å². The average Bonchev–Trinajstić information content (AvgIpc) is 3.01. The summed E-state index contributed by atoms with van der Waals surface area (Å²) in [5.74, 6) is -0.0196. The number of alkyl halides is 3. The number of halogens is 3. The highest BCUT2D eigenvalue weighted by molar-refractivity contribution is 5.75. The molecule has 0 radical (unpaired) electrons. The van der Waals surface area contributed by atoms with Gasteiger partial charge in [-0.15, -0.1) is 0 Å². The smallest absolute Gasteiger partial charge is 0.405 e. The molecule has 0 fully saturated rings. The van der Waals surface area contributed by atoms with Crippen LogP contribution in [0, 0.1) is 0 Å². The second-order valence-electron chi connectivity index (χ2n) is 5.56. The van der Waals surface area contributed by atoms with Crippen LogP contribution in [0.4, 0.5) is 18.9 Å². The van der Waals surface area contributed by atoms with Gasteiger partial charge in [0.05, 0.1) is 24.1 Å². The molecule has 7 nitrogen and oxygen atoms in total. The first-order chi connectivity index (χ1) is 12.3. The number of aromatic hydroxyl groups is 1. The molecule has 3 aromatic heterocycles. The van der Waals surface area contributed by atoms with Crippen LogP contribution in [-0.2, 0) is 0 Å². The number of imidazole rings is 1. The van der Waals surface area contributed by atoms with Gasteiger partial charge in [0.2, 0.25) is 0 Å². The molecule has 1 atom stereocenters. The highest BCUT2D eigenvalue weighted by Crippen LogP contribution is 2.29. The summed E-state index contributed by atoms with van der Waals surface area (Å²) >= 11 is 0. The van der Waals surface area contributed by atoms with Crippen molar-refractivity contribution in [3.05, 3.63) is 53.7 Å². The maximum atomic E-state index is 12.6. The minimum atomic E-state index is -4.44. The molecule has 0 aliphatic rings. The largest absolute Gasteiger partial charge is 0.506 e. The molecule has 0 saturated carbocycles. The Hall–Kier alpha value is -3.14. The van der Waals surface area contributed by atoms with E-state index in [0.717, 1.165) is 0 Å². The molecular weight excluding hydrogens is 351 g/mol. The Bertz CT molecular complexity index is 955. The maximum Gasteiger partial charge on any atom is 0.405 e. The lowest BCUT2D eigenvalue weighted by molar-refractivity contribution is -0.115. The van der Waals surface area contributed by atoms with E-state index in [1.165, 1.54) is 35.1 Å². The zero-order valence-corrected chi connectivity index (χ0v) is 13.2. The van der Waals surface area contributed by atoms with Gasteiger partial charge in [-0.1, -0.05) is 0 Å². The maximum absolute atomic E-state index is 12.6. The summed E-state index contributed by atoms with van der Waals surface area (Å²) in [5, 5.41) is 11.9. The first-order valence-electron chi connectivity index (χ1n) is 7.46. The Balaban J connectivity index is 2.03. The van der Waals surface area contributed by atoms with E-state index in [1.807, 2.05) is 0 Å². The molecule has 3 heterocycles. The van der Waals surface area contributed by atoms with Gasteiger partial charge in [-0.25, -0.2) is 4.98 Å². The van der Waals surface area contributed by atoms with Crippen LogP contribution in [-0.4, -0.2) is 38.5 Å². The third kappa shape index (κ3) is 3.59. The molecule has 0 saturated heterocycles. The van der Waals surface area contributed by atoms with Crippen molar-refractivity contribution in [2.24, 2.45) is 5.73 Å². The van der Waals surface area contributed by atoms with E-state index in [1.54, 1.807) is 6.07 Å². The van der Waals surface area contributed by atoms with Gasteiger partial charge in [-0.2, -0.15) is 13.2 Å². The highest BCUT2D eigenvalue weighted by atomic mass is 19.4. The van der Waals surface area contributed by atoms with E-state index in [4.69, 9.17) is 5.73 Å². The van der Waals surface area contributed by atoms with Crippen LogP contribution in [0.15, 0.2) is 36.8 Å². The number of aldehydes is 1. The van der Waals surface area contributed by atoms with Crippen molar-refractivity contribution < 1.29 is 23.1 Å². The molecule has 0 aliphatic heterocycles. The van der Waals surface area contributed by atoms with E-state index in [9.17, 15) is 23.1 Å². The second-order valence-corrected chi connectivity index (χ2v) is 5.56. The minimum Gasteiger partial charge on any atom is -0.506 e. The number of anilines is 1. The summed E-state index contributed by atoms with van der Waals surface area (Å²) in [5.41, 5.74) is 7.43. The van der Waals surface area contributed by atoms with Gasteiger partial charge in [0.1, 0.15) is 23.6 Å². The van der Waals surface area contributed by atoms with Gasteiger partial charge < -0.3 is 16.2 Å². The minimum absolute atomic E-state index is 0.0196. The summed E-state index contributed by atoms with van der Waals surface area (Å²) < 4.78 is 39.2. The van der Waals surface area contributed by atoms with E-state index >= 15 is 0 Å². The summed E-state index contributed by atoms with van der Waals surface area (Å²) in [6.07, 6.45) is 0.0882. The fraction of sp³-hybridized carbons (Fsp3) is 0.188. The molecule has 1 unspecified atom stereocenters. The number of aromatic nitrogens is 3. The van der Waals surface area contributed by atoms with Crippen molar-refractivity contribution in [1.82, 2.24) is 14.4 Å². The monoisotopic (exact) mass is 365 g/mol. The predicted octanol–water partition coefficient (Wildman–Crippen LogP) is 2.27. The Morgan fingerprint density at radius 1 is 1.31 bits per heavy atom. The van der Waals surface area contributed by atoms with Crippen molar-refractivity contribution in [2.45, 2.75) is 12.2 Å². The van der Waals surface area contributed by atoms with Gasteiger partial charge in [0, 0.05) is 17.4 Å². The van der Waals surface area contributed by atoms with Crippen LogP contribution in [0.25, 0.3) is 5.65 Å². The van der Waals surface area contributed by atoms with Gasteiger partial charge in [-0.05, 0) is 18.2 Å². The molecule has 3 rings (SSSR count). The molecule has 3 aromatic rings. The molecule has 10 heteroatoms. The number of hydrogen-bond donors (Lipinski definition) is 3. The predicted molar refractivity (Wildman–Crippen MR) is 87.1 cm³/mol. The van der Waals surface area contributed by atoms with Gasteiger partial charge >= 0.3 is 6.18 Å². The quantitative estimate of drug-likeness (QED) is 0.599. The average molecular weight is 365 g/mol. The van der Waals surface area contributed by atoms with Crippen molar-refractivity contribution in [3.8, 4) is 5.75 Å². The van der Waals surface area contributed by atoms with E-state index in [2.05, 4.69) is 15.3 Å². The van der Waals surface area contributed by atoms with Crippen molar-refractivity contribution in [2.75, 3.05) is 11.9 Å². The number of nitrogens with one attached hydrogen (secondary N) is 1. The van der Waals surface area contributed by atoms with Crippen LogP contribution >= 0.6 is 0 Å². The fourth-order valence-corrected chi connectivity index (χ4v) is 2.52. The molecule has 0 aliphatic carbocycles. The van der Waals surface area contributed by atoms with Crippen LogP contribution < -0.4 is 11.1 Å². The molecule has 26 heavy (non-hydrogen) atoms. The molecule has 0 spiro atoms. The third-order valence-corrected chi connectivity index (χ3v) is 3.73. The summed E-state index contributed by atoms with van der Waals surface area (Å²) in [4.78, 5) is 18.9. The number of carbonyl (C=O) groups is 1. The highest BCUT2D eigenvalue weighted by Gasteiger charge is 2.28. The SMILES string of the molecule is NC(c1cnc(C=O)cc1NCC(F)(F)F)c1cnc2ccc(O)cn12. The normalized spacial score (nSPS) is 12.9. The molecule has 136 valence electrons. The first kappa shape index (κ1) is 17.7. The summed E-state index contributed by atoms with van der Waals surface area (Å²) in [6.45, 7) is -1.29. The number of pyridine rings is 2. The Kier molecular flexibility index (Phi) is 4.51. The van der Waals surface area contributed by atoms with E-state index in [-0.39, 0.29) is 22.7 Å². The number of carbonyl (C=O) groups excluding carboxylic acids is 1. The lowest BCUT2D eigenvalue weighted by Gasteiger charge is -2.18. The lowest BCUT2D eigenvalue weighted by atomic mass is 10.0. The lowest BCUT2D eigenvalue weighted by Crippen LogP contribution is -2.24. The third-order valence-electron chi connectivity index (χ3n) is 3.73. The zero-order chi connectivity index (χ0) is 18.9. The molecule has 0 amide bonds. The zero-order valence-electron chi connectivity index (χ0n) is 13.2. The summed E-state index contributed by atoms with van der Waals surface area (Å²) in [7, 11) is 0. The second kappa shape index (κ2) is 6.64. The summed E-state index contributed by atoms with van der Waals surface area (Å²) in [6, 6.07) is 3.33. The molecule has 0 aromatic carbocycles. The topological polar surface area (TPSA) is 106 Å². The number of nitrogens with zero attached hydrogens (tertiary/aromatic N) is 3. The standard InChI is InChI=1S/C16H14F3N5O2/c17-16(18,19)8-23-12-3-9(7-25)21-4-11(12)15(20)13-5-22-14-2-1-10(26)6-24(13)14/h1-7,15,26H,8,20H2,(H,21,23). The van der Waals surface area contributed by atoms with Gasteiger partial charge in [0.15, 0.2) is 6.29 Å². The Labute approximate surface area is 145 Å². The molecule has 0 bridgehead atoms. The van der Waals surface area contributed by atoms with Gasteiger partial charge in [0.25, 0.3) is 0 Å². The van der Waals surface area contributed by atoms with Crippen LogP contribution in [0.5, 0.6) is 5.75 Å². The van der Waals surface area contributed by atoms with Crippen molar-refractivity contribution >= 4 is 17.6 Å². The van der Waals surface area contributed by atoms with E-state index < -0.39 is 18.8 Å². The van der Waals surface area contributed by atoms with Gasteiger partial charge in [-0.3, -0.25) is 14.2 Å². The number of fused-ring (bicyclic) bond motifs is 1. The Morgan fingerprint density at radius 2 is 2.08 bits per heavy atom. The first-order valence-corrected chi connectivity index (χ1v) is 7.46.